The topological polar surface area (TPSA) is 49.3 Å². The minimum absolute atomic E-state index is 0.00126. The molecule has 0 aromatic rings. The highest BCUT2D eigenvalue weighted by Crippen LogP contribution is 2.65. The molecule has 3 unspecified atom stereocenters. The Kier molecular flexibility index (Phi) is 3.43. The molecule has 0 radical (unpaired) electrons. The van der Waals surface area contributed by atoms with Gasteiger partial charge in [-0.1, -0.05) is 19.9 Å². The molecular formula is C19H28FNO2. The molecule has 1 aliphatic heterocycles. The number of hydrogen-bond acceptors (Lipinski definition) is 2. The molecule has 1 amide bonds. The second-order valence-corrected chi connectivity index (χ2v) is 8.80. The normalized spacial score (nSPS) is 54.9. The van der Waals surface area contributed by atoms with Crippen LogP contribution in [0.25, 0.3) is 0 Å². The van der Waals surface area contributed by atoms with Crippen molar-refractivity contribution >= 4 is 5.91 Å². The van der Waals surface area contributed by atoms with Crippen LogP contribution in [0.4, 0.5) is 4.39 Å². The first-order chi connectivity index (χ1) is 10.9. The van der Waals surface area contributed by atoms with Gasteiger partial charge < -0.3 is 10.4 Å². The van der Waals surface area contributed by atoms with Gasteiger partial charge in [0.05, 0.1) is 0 Å². The van der Waals surface area contributed by atoms with Gasteiger partial charge in [0.25, 0.3) is 0 Å². The first kappa shape index (κ1) is 15.6. The number of hydrogen-bond donors (Lipinski definition) is 2. The van der Waals surface area contributed by atoms with Gasteiger partial charge in [0, 0.05) is 24.0 Å². The monoisotopic (exact) mass is 321 g/mol. The first-order valence-electron chi connectivity index (χ1n) is 9.15. The summed E-state index contributed by atoms with van der Waals surface area (Å²) in [5.41, 5.74) is -0.0541. The van der Waals surface area contributed by atoms with E-state index in [9.17, 15) is 14.3 Å². The van der Waals surface area contributed by atoms with Gasteiger partial charge in [0.1, 0.15) is 6.17 Å². The second kappa shape index (κ2) is 5.05. The molecule has 4 rings (SSSR count). The number of fused-ring (bicyclic) bond motifs is 5. The zero-order valence-electron chi connectivity index (χ0n) is 14.1. The smallest absolute Gasteiger partial charge is 0.243 e. The predicted molar refractivity (Wildman–Crippen MR) is 86.3 cm³/mol. The van der Waals surface area contributed by atoms with Crippen molar-refractivity contribution in [2.24, 2.45) is 34.5 Å². The maximum Gasteiger partial charge on any atom is 0.243 e. The number of aliphatic hydroxyl groups is 1. The minimum Gasteiger partial charge on any atom is -0.396 e. The Balaban J connectivity index is 1.67. The van der Waals surface area contributed by atoms with Crippen molar-refractivity contribution in [2.45, 2.75) is 58.2 Å². The van der Waals surface area contributed by atoms with E-state index < -0.39 is 6.17 Å². The molecule has 3 aliphatic carbocycles. The van der Waals surface area contributed by atoms with Crippen LogP contribution in [0, 0.1) is 34.5 Å². The van der Waals surface area contributed by atoms with Gasteiger partial charge in [-0.15, -0.1) is 0 Å². The van der Waals surface area contributed by atoms with Gasteiger partial charge in [-0.3, -0.25) is 4.79 Å². The van der Waals surface area contributed by atoms with Crippen molar-refractivity contribution in [1.29, 1.82) is 0 Å². The number of amides is 1. The van der Waals surface area contributed by atoms with Crippen LogP contribution >= 0.6 is 0 Å². The van der Waals surface area contributed by atoms with Gasteiger partial charge in [0.15, 0.2) is 0 Å². The summed E-state index contributed by atoms with van der Waals surface area (Å²) in [6.07, 6.45) is 7.70. The van der Waals surface area contributed by atoms with Crippen molar-refractivity contribution in [2.75, 3.05) is 6.61 Å². The molecule has 3 nitrogen and oxygen atoms in total. The van der Waals surface area contributed by atoms with E-state index in [0.29, 0.717) is 24.2 Å². The van der Waals surface area contributed by atoms with E-state index in [0.717, 1.165) is 25.7 Å². The summed E-state index contributed by atoms with van der Waals surface area (Å²) >= 11 is 0. The Hall–Kier alpha value is -0.900. The van der Waals surface area contributed by atoms with Crippen LogP contribution in [0.3, 0.4) is 0 Å². The summed E-state index contributed by atoms with van der Waals surface area (Å²) in [5.74, 6) is 1.24. The Morgan fingerprint density at radius 1 is 1.30 bits per heavy atom. The van der Waals surface area contributed by atoms with Crippen LogP contribution in [0.15, 0.2) is 12.2 Å². The van der Waals surface area contributed by atoms with E-state index in [4.69, 9.17) is 0 Å². The summed E-state index contributed by atoms with van der Waals surface area (Å²) in [6.45, 7) is 4.46. The van der Waals surface area contributed by atoms with Gasteiger partial charge in [-0.05, 0) is 61.3 Å². The third-order valence-electron chi connectivity index (χ3n) is 8.08. The van der Waals surface area contributed by atoms with Crippen LogP contribution < -0.4 is 5.32 Å². The number of alkyl halides is 1. The Morgan fingerprint density at radius 3 is 2.83 bits per heavy atom. The largest absolute Gasteiger partial charge is 0.396 e. The molecule has 4 heteroatoms. The van der Waals surface area contributed by atoms with Gasteiger partial charge in [-0.25, -0.2) is 4.39 Å². The third-order valence-corrected chi connectivity index (χ3v) is 8.08. The summed E-state index contributed by atoms with van der Waals surface area (Å²) in [5, 5.41) is 12.9. The maximum atomic E-state index is 14.5. The molecule has 23 heavy (non-hydrogen) atoms. The fourth-order valence-corrected chi connectivity index (χ4v) is 6.73. The highest BCUT2D eigenvalue weighted by molar-refractivity contribution is 5.89. The molecule has 0 aromatic heterocycles. The van der Waals surface area contributed by atoms with E-state index in [1.807, 2.05) is 0 Å². The summed E-state index contributed by atoms with van der Waals surface area (Å²) in [6, 6.07) is 0.224. The lowest BCUT2D eigenvalue weighted by Crippen LogP contribution is -2.59. The lowest BCUT2D eigenvalue weighted by Gasteiger charge is -2.58. The number of carbonyl (C=O) groups is 1. The molecule has 128 valence electrons. The Morgan fingerprint density at radius 2 is 2.09 bits per heavy atom. The van der Waals surface area contributed by atoms with Crippen molar-refractivity contribution in [1.82, 2.24) is 5.32 Å². The SMILES string of the molecule is C[C@]12C=CC(=O)NC1CC[C@@H]1[C@H]2CC[C@]2(C)C(CO)C(F)C[C@@H]12. The molecule has 3 fully saturated rings. The van der Waals surface area contributed by atoms with Crippen molar-refractivity contribution in [3.8, 4) is 0 Å². The lowest BCUT2D eigenvalue weighted by molar-refractivity contribution is -0.122. The number of aliphatic hydroxyl groups excluding tert-OH is 1. The van der Waals surface area contributed by atoms with Gasteiger partial charge in [-0.2, -0.15) is 0 Å². The number of halogens is 1. The van der Waals surface area contributed by atoms with E-state index in [2.05, 4.69) is 25.2 Å². The van der Waals surface area contributed by atoms with Crippen LogP contribution in [-0.4, -0.2) is 29.8 Å². The van der Waals surface area contributed by atoms with Crippen LogP contribution in [0.2, 0.25) is 0 Å². The molecule has 0 saturated heterocycles. The molecule has 2 N–H and O–H groups in total. The van der Waals surface area contributed by atoms with Crippen molar-refractivity contribution in [3.05, 3.63) is 12.2 Å². The van der Waals surface area contributed by atoms with E-state index in [1.54, 1.807) is 6.08 Å². The second-order valence-electron chi connectivity index (χ2n) is 8.80. The summed E-state index contributed by atoms with van der Waals surface area (Å²) < 4.78 is 14.5. The molecule has 0 spiro atoms. The highest BCUT2D eigenvalue weighted by atomic mass is 19.1. The Labute approximate surface area is 137 Å². The van der Waals surface area contributed by atoms with Crippen LogP contribution in [-0.2, 0) is 4.79 Å². The lowest BCUT2D eigenvalue weighted by atomic mass is 9.48. The zero-order chi connectivity index (χ0) is 16.4. The standard InChI is InChI=1S/C19H28FNO2/c1-18-7-5-12-11(13(18)9-15(20)14(18)10-22)3-4-16-19(12,2)8-6-17(23)21-16/h6,8,11-16,22H,3-5,7,9-10H2,1-2H3,(H,21,23)/t11-,12-,13+,14?,15?,16?,18+,19-/m1/s1. The Bertz CT molecular complexity index is 549. The average Bonchev–Trinajstić information content (AvgIpc) is 2.77. The summed E-state index contributed by atoms with van der Waals surface area (Å²) in [7, 11) is 0. The zero-order valence-corrected chi connectivity index (χ0v) is 14.1. The van der Waals surface area contributed by atoms with Crippen molar-refractivity contribution in [3.63, 3.8) is 0 Å². The van der Waals surface area contributed by atoms with Crippen molar-refractivity contribution < 1.29 is 14.3 Å². The van der Waals surface area contributed by atoms with Gasteiger partial charge in [0.2, 0.25) is 5.91 Å². The molecule has 1 heterocycles. The van der Waals surface area contributed by atoms with Crippen LogP contribution in [0.5, 0.6) is 0 Å². The molecular weight excluding hydrogens is 293 g/mol. The number of rotatable bonds is 1. The number of carbonyl (C=O) groups excluding carboxylic acids is 1. The highest BCUT2D eigenvalue weighted by Gasteiger charge is 2.62. The molecule has 3 saturated carbocycles. The minimum atomic E-state index is -0.860. The third kappa shape index (κ3) is 2.00. The number of nitrogens with one attached hydrogen (secondary N) is 1. The molecule has 4 aliphatic rings. The quantitative estimate of drug-likeness (QED) is 0.780. The fourth-order valence-electron chi connectivity index (χ4n) is 6.73. The first-order valence-corrected chi connectivity index (χ1v) is 9.15. The van der Waals surface area contributed by atoms with Gasteiger partial charge >= 0.3 is 0 Å². The van der Waals surface area contributed by atoms with E-state index in [1.165, 1.54) is 0 Å². The molecule has 0 bridgehead atoms. The fraction of sp³-hybridized carbons (Fsp3) is 0.842. The molecule has 0 aromatic carbocycles. The maximum absolute atomic E-state index is 14.5. The van der Waals surface area contributed by atoms with Crippen LogP contribution in [0.1, 0.15) is 46.0 Å². The predicted octanol–water partition coefficient (Wildman–Crippen LogP) is 2.84. The molecule has 8 atom stereocenters. The average molecular weight is 321 g/mol. The van der Waals surface area contributed by atoms with E-state index >= 15 is 0 Å². The summed E-state index contributed by atoms with van der Waals surface area (Å²) in [4.78, 5) is 11.7. The van der Waals surface area contributed by atoms with E-state index in [-0.39, 0.29) is 35.3 Å².